The number of carboxylic acid groups (broad SMARTS) is 1. The van der Waals surface area contributed by atoms with E-state index in [-0.39, 0.29) is 54.2 Å². The average Bonchev–Trinajstić information content (AvgIpc) is 2.40. The van der Waals surface area contributed by atoms with Crippen LogP contribution < -0.4 is 46.1 Å². The van der Waals surface area contributed by atoms with Crippen molar-refractivity contribution >= 4 is 23.9 Å². The van der Waals surface area contributed by atoms with E-state index in [0.29, 0.717) is 0 Å². The van der Waals surface area contributed by atoms with Gasteiger partial charge in [-0.25, -0.2) is 4.79 Å². The molecule has 0 unspecified atom stereocenters. The van der Waals surface area contributed by atoms with Gasteiger partial charge in [-0.3, -0.25) is 14.4 Å². The molecule has 0 aromatic rings. The molecule has 0 saturated carbocycles. The smallest absolute Gasteiger partial charge is 0.548 e. The van der Waals surface area contributed by atoms with Crippen LogP contribution in [0.4, 0.5) is 0 Å². The van der Waals surface area contributed by atoms with Gasteiger partial charge in [0.1, 0.15) is 6.04 Å². The van der Waals surface area contributed by atoms with Crippen LogP contribution in [-0.2, 0) is 33.7 Å². The van der Waals surface area contributed by atoms with Gasteiger partial charge in [-0.2, -0.15) is 0 Å². The Kier molecular flexibility index (Phi) is 9.16. The summed E-state index contributed by atoms with van der Waals surface area (Å²) in [7, 11) is 0. The minimum absolute atomic E-state index is 0. The number of nitrogens with zero attached hydrogens (tertiary/aromatic N) is 1. The fraction of sp³-hybridized carbons (Fsp3) is 0.600. The van der Waals surface area contributed by atoms with Gasteiger partial charge in [0.15, 0.2) is 0 Å². The van der Waals surface area contributed by atoms with Crippen LogP contribution in [0.25, 0.3) is 0 Å². The molecule has 2 atom stereocenters. The third-order valence-electron chi connectivity index (χ3n) is 2.44. The molecule has 1 aliphatic heterocycles. The van der Waals surface area contributed by atoms with Crippen molar-refractivity contribution in [3.8, 4) is 0 Å². The first-order valence-electron chi connectivity index (χ1n) is 5.95. The van der Waals surface area contributed by atoms with Gasteiger partial charge < -0.3 is 31.0 Å². The summed E-state index contributed by atoms with van der Waals surface area (Å²) in [5.41, 5.74) is 10.5. The van der Waals surface area contributed by atoms with E-state index in [1.165, 1.54) is 0 Å². The summed E-state index contributed by atoms with van der Waals surface area (Å²) in [6.45, 7) is 0. The minimum Gasteiger partial charge on any atom is -0.548 e. The molecule has 0 aromatic heterocycles. The van der Waals surface area contributed by atoms with Crippen LogP contribution in [-0.4, -0.2) is 41.4 Å². The van der Waals surface area contributed by atoms with Crippen molar-refractivity contribution in [2.45, 2.75) is 37.8 Å². The second-order valence-electron chi connectivity index (χ2n) is 4.17. The van der Waals surface area contributed by atoms with Crippen molar-refractivity contribution in [1.29, 1.82) is 0 Å². The number of hydrogen-bond donors (Lipinski definition) is 2. The van der Waals surface area contributed by atoms with Crippen molar-refractivity contribution in [2.24, 2.45) is 11.5 Å². The van der Waals surface area contributed by atoms with Crippen molar-refractivity contribution < 1.29 is 68.4 Å². The standard InChI is InChI=1S/C10H15N3O8.Na/c11-5(9(16)17)1-3-7(14)19-13-20-8(15)4-2-6(12)10(18)21-13;/h5-6H,1-4,11-12H2,(H,16,17);/q;+1/p-1/t5-,6-;/m0./s1. The zero-order valence-electron chi connectivity index (χ0n) is 11.9. The van der Waals surface area contributed by atoms with E-state index >= 15 is 0 Å². The zero-order chi connectivity index (χ0) is 16.0. The topological polar surface area (TPSA) is 174 Å². The molecule has 0 radical (unpaired) electrons. The average molecular weight is 327 g/mol. The number of aliphatic carboxylic acids is 1. The van der Waals surface area contributed by atoms with Crippen LogP contribution in [0.15, 0.2) is 0 Å². The predicted octanol–water partition coefficient (Wildman–Crippen LogP) is -6.35. The first kappa shape index (κ1) is 20.8. The molecular formula is C10H14N3NaO8. The van der Waals surface area contributed by atoms with Gasteiger partial charge in [-0.15, -0.1) is 0 Å². The third-order valence-corrected chi connectivity index (χ3v) is 2.44. The molecule has 0 aromatic carbocycles. The number of nitrogens with two attached hydrogens (primary N) is 2. The predicted molar refractivity (Wildman–Crippen MR) is 59.5 cm³/mol. The normalized spacial score (nSPS) is 20.5. The van der Waals surface area contributed by atoms with Crippen LogP contribution in [0.2, 0.25) is 0 Å². The van der Waals surface area contributed by atoms with Crippen LogP contribution in [0.5, 0.6) is 0 Å². The van der Waals surface area contributed by atoms with Crippen molar-refractivity contribution in [2.75, 3.05) is 0 Å². The Morgan fingerprint density at radius 1 is 1.41 bits per heavy atom. The van der Waals surface area contributed by atoms with Gasteiger partial charge in [-0.05, 0) is 12.8 Å². The molecule has 1 rings (SSSR count). The van der Waals surface area contributed by atoms with E-state index in [4.69, 9.17) is 11.5 Å². The molecule has 11 nitrogen and oxygen atoms in total. The molecule has 1 aliphatic rings. The fourth-order valence-corrected chi connectivity index (χ4v) is 1.24. The number of hydrogen-bond acceptors (Lipinski definition) is 11. The Morgan fingerprint density at radius 3 is 2.64 bits per heavy atom. The Bertz CT molecular complexity index is 446. The second kappa shape index (κ2) is 9.71. The van der Waals surface area contributed by atoms with E-state index in [2.05, 4.69) is 14.5 Å². The van der Waals surface area contributed by atoms with Crippen LogP contribution in [0, 0.1) is 0 Å². The van der Waals surface area contributed by atoms with Gasteiger partial charge in [0.05, 0.1) is 5.97 Å². The Hall–Kier alpha value is -1.24. The van der Waals surface area contributed by atoms with Gasteiger partial charge >= 0.3 is 47.5 Å². The third kappa shape index (κ3) is 7.15. The van der Waals surface area contributed by atoms with E-state index in [0.717, 1.165) is 0 Å². The summed E-state index contributed by atoms with van der Waals surface area (Å²) >= 11 is 0. The quantitative estimate of drug-likeness (QED) is 0.459. The maximum atomic E-state index is 11.4. The Balaban J connectivity index is 0.00000441. The minimum atomic E-state index is -1.53. The fourth-order valence-electron chi connectivity index (χ4n) is 1.24. The Labute approximate surface area is 147 Å². The molecule has 118 valence electrons. The summed E-state index contributed by atoms with van der Waals surface area (Å²) in [6, 6.07) is -2.42. The molecular weight excluding hydrogens is 313 g/mol. The monoisotopic (exact) mass is 327 g/mol. The molecule has 0 spiro atoms. The van der Waals surface area contributed by atoms with Crippen molar-refractivity contribution in [1.82, 2.24) is 5.39 Å². The van der Waals surface area contributed by atoms with E-state index < -0.39 is 42.4 Å². The van der Waals surface area contributed by atoms with Gasteiger partial charge in [0.25, 0.3) is 0 Å². The molecule has 1 saturated heterocycles. The molecule has 4 N–H and O–H groups in total. The first-order valence-corrected chi connectivity index (χ1v) is 5.95. The number of rotatable bonds is 5. The van der Waals surface area contributed by atoms with Gasteiger partial charge in [0.2, 0.25) is 5.39 Å². The van der Waals surface area contributed by atoms with E-state index in [1.54, 1.807) is 0 Å². The zero-order valence-corrected chi connectivity index (χ0v) is 13.9. The number of carbonyl (C=O) groups is 4. The van der Waals surface area contributed by atoms with E-state index in [1.807, 2.05) is 0 Å². The molecule has 0 bridgehead atoms. The van der Waals surface area contributed by atoms with Gasteiger partial charge in [-0.1, -0.05) is 0 Å². The van der Waals surface area contributed by atoms with E-state index in [9.17, 15) is 24.3 Å². The number of carbonyl (C=O) groups excluding carboxylic acids is 4. The van der Waals surface area contributed by atoms with Crippen molar-refractivity contribution in [3.63, 3.8) is 0 Å². The SMILES string of the molecule is N[C@@H](CCC(=O)ON1OC(=O)CC[C@H](N)C(=O)O1)C(=O)[O-].[Na+]. The van der Waals surface area contributed by atoms with Crippen molar-refractivity contribution in [3.05, 3.63) is 0 Å². The molecule has 0 aliphatic carbocycles. The maximum absolute atomic E-state index is 11.4. The largest absolute Gasteiger partial charge is 1.00 e. The second-order valence-corrected chi connectivity index (χ2v) is 4.17. The van der Waals surface area contributed by atoms with Crippen LogP contribution in [0.3, 0.4) is 0 Å². The summed E-state index contributed by atoms with van der Waals surface area (Å²) in [5.74, 6) is -4.33. The molecule has 1 fully saturated rings. The molecule has 22 heavy (non-hydrogen) atoms. The van der Waals surface area contributed by atoms with Gasteiger partial charge in [0, 0.05) is 18.9 Å². The first-order chi connectivity index (χ1) is 9.79. The summed E-state index contributed by atoms with van der Waals surface area (Å²) in [5, 5.41) is 10.3. The van der Waals surface area contributed by atoms with Crippen LogP contribution >= 0.6 is 0 Å². The Morgan fingerprint density at radius 2 is 2.05 bits per heavy atom. The summed E-state index contributed by atoms with van der Waals surface area (Å²) in [6.07, 6.45) is -0.830. The summed E-state index contributed by atoms with van der Waals surface area (Å²) in [4.78, 5) is 57.6. The van der Waals surface area contributed by atoms with Crippen LogP contribution in [0.1, 0.15) is 25.7 Å². The molecule has 12 heteroatoms. The number of carboxylic acids is 1. The maximum Gasteiger partial charge on any atom is 1.00 e. The molecule has 0 amide bonds. The molecule has 1 heterocycles. The summed E-state index contributed by atoms with van der Waals surface area (Å²) < 4.78 is 0.